The molecule has 7 nitrogen and oxygen atoms in total. The average Bonchev–Trinajstić information content (AvgIpc) is 2.86. The van der Waals surface area contributed by atoms with Crippen molar-refractivity contribution in [3.8, 4) is 0 Å². The van der Waals surface area contributed by atoms with E-state index in [-0.39, 0.29) is 6.04 Å². The molecule has 0 N–H and O–H groups in total. The van der Waals surface area contributed by atoms with E-state index in [9.17, 15) is 0 Å². The van der Waals surface area contributed by atoms with Crippen molar-refractivity contribution in [2.45, 2.75) is 13.0 Å². The Hall–Kier alpha value is -1.54. The number of aryl methyl sites for hydroxylation is 1. The van der Waals surface area contributed by atoms with E-state index in [1.54, 1.807) is 19.3 Å². The number of halogens is 1. The predicted octanol–water partition coefficient (Wildman–Crippen LogP) is 1.51. The van der Waals surface area contributed by atoms with Crippen molar-refractivity contribution in [1.29, 1.82) is 0 Å². The van der Waals surface area contributed by atoms with Gasteiger partial charge in [-0.3, -0.25) is 0 Å². The van der Waals surface area contributed by atoms with Gasteiger partial charge in [0.15, 0.2) is 5.82 Å². The molecule has 100 valence electrons. The van der Waals surface area contributed by atoms with Crippen molar-refractivity contribution in [3.05, 3.63) is 28.6 Å². The number of anilines is 1. The Morgan fingerprint density at radius 3 is 2.84 bits per heavy atom. The third-order valence-electron chi connectivity index (χ3n) is 2.82. The SMILES string of the molecule is Cc1noc([C@H]2COCCN2c2ncc(Br)cn2)n1. The Morgan fingerprint density at radius 1 is 1.37 bits per heavy atom. The van der Waals surface area contributed by atoms with Crippen LogP contribution in [-0.4, -0.2) is 39.9 Å². The van der Waals surface area contributed by atoms with Crippen molar-refractivity contribution in [2.24, 2.45) is 0 Å². The molecule has 0 saturated carbocycles. The molecular weight excluding hydrogens is 314 g/mol. The Balaban J connectivity index is 1.90. The number of hydrogen-bond acceptors (Lipinski definition) is 7. The van der Waals surface area contributed by atoms with Crippen LogP contribution in [0.3, 0.4) is 0 Å². The van der Waals surface area contributed by atoms with Crippen molar-refractivity contribution >= 4 is 21.9 Å². The number of ether oxygens (including phenoxy) is 1. The van der Waals surface area contributed by atoms with Gasteiger partial charge in [0.1, 0.15) is 6.04 Å². The molecule has 0 bridgehead atoms. The molecule has 0 unspecified atom stereocenters. The summed E-state index contributed by atoms with van der Waals surface area (Å²) in [5, 5.41) is 3.82. The normalized spacial score (nSPS) is 19.7. The minimum absolute atomic E-state index is 0.142. The van der Waals surface area contributed by atoms with E-state index in [4.69, 9.17) is 9.26 Å². The van der Waals surface area contributed by atoms with Crippen molar-refractivity contribution in [2.75, 3.05) is 24.7 Å². The van der Waals surface area contributed by atoms with Crippen molar-refractivity contribution in [1.82, 2.24) is 20.1 Å². The molecule has 2 aromatic rings. The second-order valence-electron chi connectivity index (χ2n) is 4.17. The molecule has 1 atom stereocenters. The Bertz CT molecular complexity index is 558. The van der Waals surface area contributed by atoms with Crippen LogP contribution >= 0.6 is 15.9 Å². The first-order chi connectivity index (χ1) is 9.24. The number of morpholine rings is 1. The average molecular weight is 326 g/mol. The summed E-state index contributed by atoms with van der Waals surface area (Å²) >= 11 is 3.32. The molecule has 1 aliphatic heterocycles. The van der Waals surface area contributed by atoms with E-state index in [0.717, 1.165) is 4.47 Å². The molecule has 0 aliphatic carbocycles. The highest BCUT2D eigenvalue weighted by Gasteiger charge is 2.30. The summed E-state index contributed by atoms with van der Waals surface area (Å²) in [6.45, 7) is 3.59. The fourth-order valence-corrected chi connectivity index (χ4v) is 2.15. The van der Waals surface area contributed by atoms with E-state index >= 15 is 0 Å². The summed E-state index contributed by atoms with van der Waals surface area (Å²) in [4.78, 5) is 14.9. The van der Waals surface area contributed by atoms with E-state index in [0.29, 0.717) is 37.4 Å². The van der Waals surface area contributed by atoms with Gasteiger partial charge in [0.2, 0.25) is 5.95 Å². The minimum Gasteiger partial charge on any atom is -0.377 e. The summed E-state index contributed by atoms with van der Waals surface area (Å²) in [5.41, 5.74) is 0. The van der Waals surface area contributed by atoms with Gasteiger partial charge in [-0.25, -0.2) is 9.97 Å². The quantitative estimate of drug-likeness (QED) is 0.828. The molecule has 3 rings (SSSR count). The third kappa shape index (κ3) is 2.59. The summed E-state index contributed by atoms with van der Waals surface area (Å²) < 4.78 is 11.6. The van der Waals surface area contributed by atoms with Crippen LogP contribution in [-0.2, 0) is 4.74 Å². The van der Waals surface area contributed by atoms with Gasteiger partial charge in [-0.2, -0.15) is 4.98 Å². The molecule has 1 fully saturated rings. The van der Waals surface area contributed by atoms with Crippen LogP contribution in [0.5, 0.6) is 0 Å². The molecule has 2 aromatic heterocycles. The van der Waals surface area contributed by atoms with E-state index in [1.807, 2.05) is 4.90 Å². The third-order valence-corrected chi connectivity index (χ3v) is 3.23. The lowest BCUT2D eigenvalue weighted by atomic mass is 10.2. The number of aromatic nitrogens is 4. The Morgan fingerprint density at radius 2 is 2.16 bits per heavy atom. The highest BCUT2D eigenvalue weighted by atomic mass is 79.9. The van der Waals surface area contributed by atoms with Crippen LogP contribution in [0.1, 0.15) is 17.8 Å². The second kappa shape index (κ2) is 5.22. The van der Waals surface area contributed by atoms with Gasteiger partial charge in [-0.15, -0.1) is 0 Å². The number of nitrogens with zero attached hydrogens (tertiary/aromatic N) is 5. The number of rotatable bonds is 2. The standard InChI is InChI=1S/C11H12BrN5O2/c1-7-15-10(19-16-7)9-6-18-3-2-17(9)11-13-4-8(12)5-14-11/h4-5,9H,2-3,6H2,1H3/t9-/m1/s1. The number of hydrogen-bond donors (Lipinski definition) is 0. The zero-order valence-electron chi connectivity index (χ0n) is 10.3. The fraction of sp³-hybridized carbons (Fsp3) is 0.455. The molecule has 19 heavy (non-hydrogen) atoms. The fourth-order valence-electron chi connectivity index (χ4n) is 1.95. The maximum Gasteiger partial charge on any atom is 0.251 e. The van der Waals surface area contributed by atoms with Gasteiger partial charge >= 0.3 is 0 Å². The van der Waals surface area contributed by atoms with Crippen LogP contribution in [0.2, 0.25) is 0 Å². The van der Waals surface area contributed by atoms with Crippen molar-refractivity contribution < 1.29 is 9.26 Å². The topological polar surface area (TPSA) is 77.2 Å². The van der Waals surface area contributed by atoms with Gasteiger partial charge < -0.3 is 14.2 Å². The smallest absolute Gasteiger partial charge is 0.251 e. The van der Waals surface area contributed by atoms with Crippen LogP contribution in [0.4, 0.5) is 5.95 Å². The second-order valence-corrected chi connectivity index (χ2v) is 5.08. The molecule has 0 radical (unpaired) electrons. The van der Waals surface area contributed by atoms with Crippen LogP contribution in [0.15, 0.2) is 21.4 Å². The molecule has 0 amide bonds. The maximum absolute atomic E-state index is 5.49. The molecular formula is C11H12BrN5O2. The van der Waals surface area contributed by atoms with Crippen LogP contribution in [0.25, 0.3) is 0 Å². The summed E-state index contributed by atoms with van der Waals surface area (Å²) in [6, 6.07) is -0.142. The monoisotopic (exact) mass is 325 g/mol. The summed E-state index contributed by atoms with van der Waals surface area (Å²) in [6.07, 6.45) is 3.43. The Kier molecular flexibility index (Phi) is 3.43. The van der Waals surface area contributed by atoms with Crippen molar-refractivity contribution in [3.63, 3.8) is 0 Å². The lowest BCUT2D eigenvalue weighted by molar-refractivity contribution is 0.0829. The highest BCUT2D eigenvalue weighted by molar-refractivity contribution is 9.10. The molecule has 8 heteroatoms. The van der Waals surface area contributed by atoms with Gasteiger partial charge in [0.05, 0.1) is 17.7 Å². The van der Waals surface area contributed by atoms with E-state index in [1.165, 1.54) is 0 Å². The highest BCUT2D eigenvalue weighted by Crippen LogP contribution is 2.26. The molecule has 1 saturated heterocycles. The van der Waals surface area contributed by atoms with Gasteiger partial charge in [0, 0.05) is 18.9 Å². The summed E-state index contributed by atoms with van der Waals surface area (Å²) in [7, 11) is 0. The van der Waals surface area contributed by atoms with Gasteiger partial charge in [-0.05, 0) is 22.9 Å². The van der Waals surface area contributed by atoms with Gasteiger partial charge in [0.25, 0.3) is 5.89 Å². The first-order valence-electron chi connectivity index (χ1n) is 5.86. The lowest BCUT2D eigenvalue weighted by Gasteiger charge is -2.33. The predicted molar refractivity (Wildman–Crippen MR) is 69.7 cm³/mol. The maximum atomic E-state index is 5.49. The van der Waals surface area contributed by atoms with E-state index in [2.05, 4.69) is 36.0 Å². The molecule has 0 spiro atoms. The molecule has 1 aliphatic rings. The zero-order valence-corrected chi connectivity index (χ0v) is 11.9. The minimum atomic E-state index is -0.142. The first-order valence-corrected chi connectivity index (χ1v) is 6.65. The van der Waals surface area contributed by atoms with Gasteiger partial charge in [-0.1, -0.05) is 5.16 Å². The van der Waals surface area contributed by atoms with E-state index < -0.39 is 0 Å². The van der Waals surface area contributed by atoms with Crippen LogP contribution in [0, 0.1) is 6.92 Å². The van der Waals surface area contributed by atoms with Crippen LogP contribution < -0.4 is 4.90 Å². The lowest BCUT2D eigenvalue weighted by Crippen LogP contribution is -2.40. The molecule has 3 heterocycles. The largest absolute Gasteiger partial charge is 0.377 e. The molecule has 0 aromatic carbocycles. The summed E-state index contributed by atoms with van der Waals surface area (Å²) in [5.74, 6) is 1.77. The first kappa shape index (κ1) is 12.5. The Labute approximate surface area is 118 Å². The zero-order chi connectivity index (χ0) is 13.2.